The molecule has 1 N–H and O–H groups in total. The van der Waals surface area contributed by atoms with Crippen molar-refractivity contribution >= 4 is 10.0 Å². The summed E-state index contributed by atoms with van der Waals surface area (Å²) in [5.41, 5.74) is 0.676. The highest BCUT2D eigenvalue weighted by molar-refractivity contribution is 7.89. The Kier molecular flexibility index (Phi) is 5.46. The molecule has 0 heterocycles. The molecule has 0 aliphatic carbocycles. The quantitative estimate of drug-likeness (QED) is 0.879. The van der Waals surface area contributed by atoms with E-state index in [2.05, 4.69) is 0 Å². The van der Waals surface area contributed by atoms with Gasteiger partial charge in [-0.15, -0.1) is 0 Å². The van der Waals surface area contributed by atoms with Gasteiger partial charge in [0.2, 0.25) is 10.0 Å². The van der Waals surface area contributed by atoms with Crippen LogP contribution in [0, 0.1) is 11.6 Å². The molecule has 0 amide bonds. The summed E-state index contributed by atoms with van der Waals surface area (Å²) in [5, 5.41) is 9.23. The van der Waals surface area contributed by atoms with Gasteiger partial charge in [0.15, 0.2) is 0 Å². The highest BCUT2D eigenvalue weighted by Crippen LogP contribution is 2.29. The minimum absolute atomic E-state index is 0.155. The normalized spacial score (nSPS) is 13.3. The summed E-state index contributed by atoms with van der Waals surface area (Å²) in [4.78, 5) is -0.597. The Morgan fingerprint density at radius 1 is 1.13 bits per heavy atom. The summed E-state index contributed by atoms with van der Waals surface area (Å²) < 4.78 is 53.1. The van der Waals surface area contributed by atoms with E-state index in [4.69, 9.17) is 0 Å². The van der Waals surface area contributed by atoms with Gasteiger partial charge in [0.1, 0.15) is 16.5 Å². The largest absolute Gasteiger partial charge is 0.396 e. The van der Waals surface area contributed by atoms with Crippen LogP contribution in [0.4, 0.5) is 8.78 Å². The zero-order valence-electron chi connectivity index (χ0n) is 12.5. The second-order valence-corrected chi connectivity index (χ2v) is 7.00. The van der Waals surface area contributed by atoms with E-state index in [9.17, 15) is 22.3 Å². The van der Waals surface area contributed by atoms with E-state index in [1.54, 1.807) is 30.3 Å². The van der Waals surface area contributed by atoms with E-state index in [-0.39, 0.29) is 13.0 Å². The van der Waals surface area contributed by atoms with Gasteiger partial charge in [-0.2, -0.15) is 4.31 Å². The van der Waals surface area contributed by atoms with E-state index in [1.165, 1.54) is 7.05 Å². The maximum atomic E-state index is 13.9. The lowest BCUT2D eigenvalue weighted by molar-refractivity contribution is 0.240. The number of aliphatic hydroxyl groups excluding tert-OH is 1. The standard InChI is InChI=1S/C16H17F2NO3S/c1-19(15(9-10-20)12-5-3-2-4-6-12)23(21,22)16-8-7-13(17)11-14(16)18/h2-8,11,15,20H,9-10H2,1H3/t15-/m1/s1. The predicted molar refractivity (Wildman–Crippen MR) is 82.2 cm³/mol. The summed E-state index contributed by atoms with van der Waals surface area (Å²) in [6.07, 6.45) is 0.155. The number of rotatable bonds is 6. The number of halogens is 2. The van der Waals surface area contributed by atoms with Gasteiger partial charge in [0, 0.05) is 19.7 Å². The number of benzene rings is 2. The van der Waals surface area contributed by atoms with Crippen LogP contribution in [-0.2, 0) is 10.0 Å². The number of aliphatic hydroxyl groups is 1. The lowest BCUT2D eigenvalue weighted by Gasteiger charge is -2.27. The minimum atomic E-state index is -4.18. The summed E-state index contributed by atoms with van der Waals surface area (Å²) in [6, 6.07) is 10.4. The van der Waals surface area contributed by atoms with Crippen LogP contribution in [0.15, 0.2) is 53.4 Å². The van der Waals surface area contributed by atoms with E-state index in [0.29, 0.717) is 11.6 Å². The van der Waals surface area contributed by atoms with Crippen molar-refractivity contribution in [2.45, 2.75) is 17.4 Å². The number of hydrogen-bond donors (Lipinski definition) is 1. The Labute approximate surface area is 134 Å². The SMILES string of the molecule is CN([C@H](CCO)c1ccccc1)S(=O)(=O)c1ccc(F)cc1F. The Morgan fingerprint density at radius 3 is 2.35 bits per heavy atom. The molecule has 0 bridgehead atoms. The van der Waals surface area contributed by atoms with Crippen LogP contribution in [0.3, 0.4) is 0 Å². The third-order valence-electron chi connectivity index (χ3n) is 3.58. The van der Waals surface area contributed by atoms with Crippen LogP contribution in [0.5, 0.6) is 0 Å². The van der Waals surface area contributed by atoms with Crippen molar-refractivity contribution in [1.82, 2.24) is 4.31 Å². The van der Waals surface area contributed by atoms with Gasteiger partial charge in [0.05, 0.1) is 6.04 Å². The molecule has 0 fully saturated rings. The van der Waals surface area contributed by atoms with Crippen molar-refractivity contribution in [2.24, 2.45) is 0 Å². The maximum Gasteiger partial charge on any atom is 0.246 e. The monoisotopic (exact) mass is 341 g/mol. The average Bonchev–Trinajstić information content (AvgIpc) is 2.52. The van der Waals surface area contributed by atoms with Gasteiger partial charge < -0.3 is 5.11 Å². The van der Waals surface area contributed by atoms with Gasteiger partial charge in [0.25, 0.3) is 0 Å². The molecule has 7 heteroatoms. The van der Waals surface area contributed by atoms with Gasteiger partial charge in [-0.1, -0.05) is 30.3 Å². The van der Waals surface area contributed by atoms with E-state index in [1.807, 2.05) is 0 Å². The fraction of sp³-hybridized carbons (Fsp3) is 0.250. The second-order valence-electron chi connectivity index (χ2n) is 5.03. The van der Waals surface area contributed by atoms with E-state index >= 15 is 0 Å². The van der Waals surface area contributed by atoms with Crippen molar-refractivity contribution in [2.75, 3.05) is 13.7 Å². The lowest BCUT2D eigenvalue weighted by Crippen LogP contribution is -2.32. The molecule has 124 valence electrons. The van der Waals surface area contributed by atoms with Crippen molar-refractivity contribution in [3.63, 3.8) is 0 Å². The maximum absolute atomic E-state index is 13.9. The molecule has 1 atom stereocenters. The predicted octanol–water partition coefficient (Wildman–Crippen LogP) is 2.71. The second kappa shape index (κ2) is 7.16. The molecule has 2 rings (SSSR count). The molecular weight excluding hydrogens is 324 g/mol. The summed E-state index contributed by atoms with van der Waals surface area (Å²) in [6.45, 7) is -0.231. The Hall–Kier alpha value is -1.83. The van der Waals surface area contributed by atoms with Crippen LogP contribution in [0.2, 0.25) is 0 Å². The molecule has 0 aromatic heterocycles. The summed E-state index contributed by atoms with van der Waals surface area (Å²) in [5.74, 6) is -1.99. The average molecular weight is 341 g/mol. The highest BCUT2D eigenvalue weighted by Gasteiger charge is 2.31. The van der Waals surface area contributed by atoms with Crippen LogP contribution < -0.4 is 0 Å². The van der Waals surface area contributed by atoms with Gasteiger partial charge in [-0.3, -0.25) is 0 Å². The first kappa shape index (κ1) is 17.5. The summed E-state index contributed by atoms with van der Waals surface area (Å²) >= 11 is 0. The smallest absolute Gasteiger partial charge is 0.246 e. The fourth-order valence-electron chi connectivity index (χ4n) is 2.36. The molecule has 23 heavy (non-hydrogen) atoms. The van der Waals surface area contributed by atoms with Crippen molar-refractivity contribution in [3.05, 3.63) is 65.7 Å². The van der Waals surface area contributed by atoms with Gasteiger partial charge >= 0.3 is 0 Å². The third-order valence-corrected chi connectivity index (χ3v) is 5.48. The van der Waals surface area contributed by atoms with Crippen LogP contribution in [0.1, 0.15) is 18.0 Å². The third kappa shape index (κ3) is 3.74. The fourth-order valence-corrected chi connectivity index (χ4v) is 3.78. The molecular formula is C16H17F2NO3S. The van der Waals surface area contributed by atoms with Crippen LogP contribution in [-0.4, -0.2) is 31.5 Å². The number of sulfonamides is 1. The number of hydrogen-bond acceptors (Lipinski definition) is 3. The first-order chi connectivity index (χ1) is 10.9. The Balaban J connectivity index is 2.44. The van der Waals surface area contributed by atoms with E-state index < -0.39 is 32.6 Å². The zero-order chi connectivity index (χ0) is 17.0. The topological polar surface area (TPSA) is 57.6 Å². The molecule has 0 aliphatic heterocycles. The molecule has 0 spiro atoms. The van der Waals surface area contributed by atoms with Gasteiger partial charge in [-0.05, 0) is 24.1 Å². The molecule has 0 saturated carbocycles. The molecule has 2 aromatic rings. The highest BCUT2D eigenvalue weighted by atomic mass is 32.2. The van der Waals surface area contributed by atoms with Crippen molar-refractivity contribution in [1.29, 1.82) is 0 Å². The lowest BCUT2D eigenvalue weighted by atomic mass is 10.0. The Bertz CT molecular complexity index is 766. The van der Waals surface area contributed by atoms with Crippen LogP contribution in [0.25, 0.3) is 0 Å². The minimum Gasteiger partial charge on any atom is -0.396 e. The first-order valence-electron chi connectivity index (χ1n) is 6.97. The van der Waals surface area contributed by atoms with E-state index in [0.717, 1.165) is 16.4 Å². The zero-order valence-corrected chi connectivity index (χ0v) is 13.3. The molecule has 4 nitrogen and oxygen atoms in total. The molecule has 2 aromatic carbocycles. The van der Waals surface area contributed by atoms with Crippen molar-refractivity contribution in [3.8, 4) is 0 Å². The van der Waals surface area contributed by atoms with Crippen molar-refractivity contribution < 1.29 is 22.3 Å². The van der Waals surface area contributed by atoms with Crippen LogP contribution >= 0.6 is 0 Å². The van der Waals surface area contributed by atoms with Gasteiger partial charge in [-0.25, -0.2) is 17.2 Å². The molecule has 0 radical (unpaired) electrons. The molecule has 0 aliphatic rings. The Morgan fingerprint density at radius 2 is 1.78 bits per heavy atom. The molecule has 0 unspecified atom stereocenters. The summed E-state index contributed by atoms with van der Waals surface area (Å²) in [7, 11) is -2.86. The number of nitrogens with zero attached hydrogens (tertiary/aromatic N) is 1. The molecule has 0 saturated heterocycles. The first-order valence-corrected chi connectivity index (χ1v) is 8.41.